The van der Waals surface area contributed by atoms with Gasteiger partial charge in [0.05, 0.1) is 37.0 Å². The first kappa shape index (κ1) is 24.5. The van der Waals surface area contributed by atoms with Crippen molar-refractivity contribution in [1.29, 1.82) is 0 Å². The van der Waals surface area contributed by atoms with Crippen LogP contribution in [0.1, 0.15) is 26.3 Å². The summed E-state index contributed by atoms with van der Waals surface area (Å²) in [6.45, 7) is 5.76. The van der Waals surface area contributed by atoms with Crippen molar-refractivity contribution in [3.8, 4) is 5.88 Å². The molecule has 0 unspecified atom stereocenters. The highest BCUT2D eigenvalue weighted by Crippen LogP contribution is 2.34. The summed E-state index contributed by atoms with van der Waals surface area (Å²) in [5.74, 6) is 0.514. The number of carbonyl (C=O) groups excluding carboxylic acids is 1. The maximum atomic E-state index is 13.1. The third kappa shape index (κ3) is 5.19. The van der Waals surface area contributed by atoms with Crippen LogP contribution in [0.15, 0.2) is 81.7 Å². The Labute approximate surface area is 217 Å². The number of benzene rings is 2. The van der Waals surface area contributed by atoms with E-state index in [4.69, 9.17) is 9.47 Å². The van der Waals surface area contributed by atoms with Gasteiger partial charge < -0.3 is 9.47 Å². The van der Waals surface area contributed by atoms with E-state index in [9.17, 15) is 9.59 Å². The van der Waals surface area contributed by atoms with Crippen LogP contribution in [-0.2, 0) is 11.3 Å². The first-order valence-corrected chi connectivity index (χ1v) is 12.4. The highest BCUT2D eigenvalue weighted by molar-refractivity contribution is 7.99. The van der Waals surface area contributed by atoms with Gasteiger partial charge in [0.25, 0.3) is 5.56 Å². The van der Waals surface area contributed by atoms with Crippen LogP contribution in [0.4, 0.5) is 4.79 Å². The Morgan fingerprint density at radius 2 is 1.84 bits per heavy atom. The molecule has 0 spiro atoms. The van der Waals surface area contributed by atoms with Gasteiger partial charge in [-0.1, -0.05) is 23.9 Å². The van der Waals surface area contributed by atoms with Gasteiger partial charge in [-0.15, -0.1) is 0 Å². The van der Waals surface area contributed by atoms with Crippen LogP contribution in [-0.4, -0.2) is 43.3 Å². The van der Waals surface area contributed by atoms with E-state index in [2.05, 4.69) is 15.2 Å². The maximum Gasteiger partial charge on any atom is 0.435 e. The molecule has 0 saturated heterocycles. The Morgan fingerprint density at radius 1 is 1.00 bits per heavy atom. The Balaban J connectivity index is 1.41. The van der Waals surface area contributed by atoms with E-state index in [1.54, 1.807) is 31.8 Å². The quantitative estimate of drug-likeness (QED) is 0.317. The van der Waals surface area contributed by atoms with E-state index in [0.717, 1.165) is 26.1 Å². The van der Waals surface area contributed by atoms with Gasteiger partial charge in [0, 0.05) is 32.8 Å². The molecular formula is C27H25N5O4S. The van der Waals surface area contributed by atoms with Crippen molar-refractivity contribution in [2.24, 2.45) is 0 Å². The lowest BCUT2D eigenvalue weighted by atomic mass is 10.2. The topological polar surface area (TPSA) is 101 Å². The third-order valence-corrected chi connectivity index (χ3v) is 6.60. The minimum absolute atomic E-state index is 0.175. The van der Waals surface area contributed by atoms with Crippen molar-refractivity contribution < 1.29 is 14.3 Å². The lowest BCUT2D eigenvalue weighted by molar-refractivity contribution is 0.0522. The van der Waals surface area contributed by atoms with E-state index in [1.807, 2.05) is 63.2 Å². The average Bonchev–Trinajstić information content (AvgIpc) is 3.31. The summed E-state index contributed by atoms with van der Waals surface area (Å²) >= 11 is 1.52. The Kier molecular flexibility index (Phi) is 6.43. The molecule has 0 atom stereocenters. The zero-order valence-corrected chi connectivity index (χ0v) is 21.7. The average molecular weight is 516 g/mol. The molecular weight excluding hydrogens is 490 g/mol. The maximum absolute atomic E-state index is 13.1. The minimum Gasteiger partial charge on any atom is -0.481 e. The van der Waals surface area contributed by atoms with E-state index in [0.29, 0.717) is 23.3 Å². The molecule has 0 fully saturated rings. The number of ether oxygens (including phenoxy) is 2. The van der Waals surface area contributed by atoms with E-state index >= 15 is 0 Å². The predicted octanol–water partition coefficient (Wildman–Crippen LogP) is 5.13. The second kappa shape index (κ2) is 9.70. The van der Waals surface area contributed by atoms with Gasteiger partial charge in [-0.3, -0.25) is 4.79 Å². The SMILES string of the molecule is COc1ccc(Cn2ncc3cc(Sc4cccc5c4cnn5C(=O)OC(C)(C)C)ccc3c2=O)cn1. The van der Waals surface area contributed by atoms with E-state index in [-0.39, 0.29) is 5.56 Å². The largest absolute Gasteiger partial charge is 0.481 e. The van der Waals surface area contributed by atoms with Gasteiger partial charge in [-0.05, 0) is 56.7 Å². The fourth-order valence-electron chi connectivity index (χ4n) is 3.83. The Bertz CT molecular complexity index is 1670. The van der Waals surface area contributed by atoms with Crippen molar-refractivity contribution in [1.82, 2.24) is 24.5 Å². The summed E-state index contributed by atoms with van der Waals surface area (Å²) in [6, 6.07) is 14.9. The predicted molar refractivity (Wildman–Crippen MR) is 141 cm³/mol. The fraction of sp³-hybridized carbons (Fsp3) is 0.222. The molecule has 0 aliphatic carbocycles. The number of hydrogen-bond donors (Lipinski definition) is 0. The molecule has 0 amide bonds. The van der Waals surface area contributed by atoms with Gasteiger partial charge in [0.15, 0.2) is 0 Å². The van der Waals surface area contributed by atoms with Gasteiger partial charge in [0.2, 0.25) is 5.88 Å². The molecule has 3 heterocycles. The highest BCUT2D eigenvalue weighted by Gasteiger charge is 2.21. The Hall–Kier alpha value is -4.18. The second-order valence-electron chi connectivity index (χ2n) is 9.39. The zero-order chi connectivity index (χ0) is 26.2. The van der Waals surface area contributed by atoms with Crippen LogP contribution in [0.2, 0.25) is 0 Å². The van der Waals surface area contributed by atoms with Gasteiger partial charge >= 0.3 is 6.09 Å². The monoisotopic (exact) mass is 515 g/mol. The van der Waals surface area contributed by atoms with Crippen LogP contribution in [0, 0.1) is 0 Å². The number of carbonyl (C=O) groups is 1. The minimum atomic E-state index is -0.620. The summed E-state index contributed by atoms with van der Waals surface area (Å²) in [5, 5.41) is 10.8. The molecule has 37 heavy (non-hydrogen) atoms. The molecule has 0 aliphatic rings. The molecule has 0 aliphatic heterocycles. The molecule has 0 bridgehead atoms. The number of methoxy groups -OCH3 is 1. The standard InChI is InChI=1S/C27H25N5O4S/c1-27(2,3)36-26(34)32-22-6-5-7-23(21(22)15-30-32)37-19-9-10-20-18(12-19)14-29-31(25(20)33)16-17-8-11-24(35-4)28-13-17/h5-15H,16H2,1-4H3. The van der Waals surface area contributed by atoms with Crippen LogP contribution in [0.5, 0.6) is 5.88 Å². The van der Waals surface area contributed by atoms with Gasteiger partial charge in [0.1, 0.15) is 5.60 Å². The molecule has 10 heteroatoms. The van der Waals surface area contributed by atoms with Crippen LogP contribution in [0.3, 0.4) is 0 Å². The molecule has 0 saturated carbocycles. The molecule has 5 aromatic rings. The second-order valence-corrected chi connectivity index (χ2v) is 10.5. The van der Waals surface area contributed by atoms with E-state index in [1.165, 1.54) is 21.1 Å². The van der Waals surface area contributed by atoms with Crippen LogP contribution >= 0.6 is 11.8 Å². The molecule has 188 valence electrons. The molecule has 5 rings (SSSR count). The number of pyridine rings is 1. The third-order valence-electron chi connectivity index (χ3n) is 5.53. The lowest BCUT2D eigenvalue weighted by Gasteiger charge is -2.19. The highest BCUT2D eigenvalue weighted by atomic mass is 32.2. The fourth-order valence-corrected chi connectivity index (χ4v) is 4.82. The number of nitrogens with zero attached hydrogens (tertiary/aromatic N) is 5. The van der Waals surface area contributed by atoms with Crippen molar-refractivity contribution in [2.45, 2.75) is 42.7 Å². The van der Waals surface area contributed by atoms with Crippen molar-refractivity contribution in [3.05, 3.63) is 83.0 Å². The number of aromatic nitrogens is 5. The van der Waals surface area contributed by atoms with Gasteiger partial charge in [-0.25, -0.2) is 14.5 Å². The smallest absolute Gasteiger partial charge is 0.435 e. The zero-order valence-electron chi connectivity index (χ0n) is 20.8. The number of hydrogen-bond acceptors (Lipinski definition) is 8. The number of fused-ring (bicyclic) bond motifs is 2. The summed E-state index contributed by atoms with van der Waals surface area (Å²) in [6.07, 6.45) is 4.50. The summed E-state index contributed by atoms with van der Waals surface area (Å²) in [7, 11) is 1.56. The van der Waals surface area contributed by atoms with Crippen LogP contribution < -0.4 is 10.3 Å². The number of rotatable bonds is 5. The van der Waals surface area contributed by atoms with E-state index < -0.39 is 11.7 Å². The molecule has 0 N–H and O–H groups in total. The molecule has 2 aromatic carbocycles. The first-order valence-electron chi connectivity index (χ1n) is 11.6. The molecule has 9 nitrogen and oxygen atoms in total. The summed E-state index contributed by atoms with van der Waals surface area (Å²) in [4.78, 5) is 31.7. The van der Waals surface area contributed by atoms with Crippen LogP contribution in [0.25, 0.3) is 21.7 Å². The molecule has 3 aromatic heterocycles. The Morgan fingerprint density at radius 3 is 2.57 bits per heavy atom. The lowest BCUT2D eigenvalue weighted by Crippen LogP contribution is -2.27. The molecule has 0 radical (unpaired) electrons. The van der Waals surface area contributed by atoms with Crippen molar-refractivity contribution >= 4 is 39.5 Å². The van der Waals surface area contributed by atoms with Crippen molar-refractivity contribution in [3.63, 3.8) is 0 Å². The summed E-state index contributed by atoms with van der Waals surface area (Å²) < 4.78 is 13.3. The normalized spacial score (nSPS) is 11.7. The van der Waals surface area contributed by atoms with Crippen molar-refractivity contribution in [2.75, 3.05) is 7.11 Å². The first-order chi connectivity index (χ1) is 17.7. The summed E-state index contributed by atoms with van der Waals surface area (Å²) in [5.41, 5.74) is 0.718. The van der Waals surface area contributed by atoms with Gasteiger partial charge in [-0.2, -0.15) is 14.9 Å².